The first-order chi connectivity index (χ1) is 11.7. The highest BCUT2D eigenvalue weighted by Gasteiger charge is 2.12. The highest BCUT2D eigenvalue weighted by Crippen LogP contribution is 2.23. The standard InChI is InChI=1S/C19H22BrClN2O/c20-19-10-16(21)7-6-15(19)13-24-18-5-1-3-14(9-18)11-22-12-17-4-2-8-23-17/h1,3,5-7,9-10,17,22-23H,2,4,8,11-13H2/t17-/m1/s1. The summed E-state index contributed by atoms with van der Waals surface area (Å²) in [7, 11) is 0. The fourth-order valence-corrected chi connectivity index (χ4v) is 3.66. The Kier molecular flexibility index (Phi) is 6.55. The minimum Gasteiger partial charge on any atom is -0.489 e. The molecule has 3 rings (SSSR count). The summed E-state index contributed by atoms with van der Waals surface area (Å²) in [4.78, 5) is 0. The van der Waals surface area contributed by atoms with E-state index < -0.39 is 0 Å². The monoisotopic (exact) mass is 408 g/mol. The van der Waals surface area contributed by atoms with Gasteiger partial charge in [-0.2, -0.15) is 0 Å². The second-order valence-corrected chi connectivity index (χ2v) is 7.39. The van der Waals surface area contributed by atoms with Crippen LogP contribution in [-0.4, -0.2) is 19.1 Å². The average Bonchev–Trinajstić information content (AvgIpc) is 3.08. The number of ether oxygens (including phenoxy) is 1. The second kappa shape index (κ2) is 8.86. The van der Waals surface area contributed by atoms with Gasteiger partial charge in [-0.15, -0.1) is 0 Å². The Morgan fingerprint density at radius 2 is 2.17 bits per heavy atom. The Morgan fingerprint density at radius 3 is 2.96 bits per heavy atom. The molecular weight excluding hydrogens is 388 g/mol. The quantitative estimate of drug-likeness (QED) is 0.705. The van der Waals surface area contributed by atoms with Crippen LogP contribution in [0.25, 0.3) is 0 Å². The van der Waals surface area contributed by atoms with Crippen molar-refractivity contribution in [2.24, 2.45) is 0 Å². The van der Waals surface area contributed by atoms with Gasteiger partial charge in [0.2, 0.25) is 0 Å². The molecule has 0 saturated carbocycles. The van der Waals surface area contributed by atoms with Crippen molar-refractivity contribution in [3.63, 3.8) is 0 Å². The molecule has 1 heterocycles. The fraction of sp³-hybridized carbons (Fsp3) is 0.368. The van der Waals surface area contributed by atoms with Gasteiger partial charge in [0, 0.05) is 34.2 Å². The molecule has 128 valence electrons. The molecule has 1 fully saturated rings. The zero-order valence-corrected chi connectivity index (χ0v) is 15.9. The molecule has 0 bridgehead atoms. The Morgan fingerprint density at radius 1 is 1.25 bits per heavy atom. The van der Waals surface area contributed by atoms with E-state index in [0.717, 1.165) is 40.4 Å². The topological polar surface area (TPSA) is 33.3 Å². The number of hydrogen-bond donors (Lipinski definition) is 2. The molecule has 0 aliphatic carbocycles. The molecular formula is C19H22BrClN2O. The molecule has 0 aromatic heterocycles. The zero-order chi connectivity index (χ0) is 16.8. The molecule has 2 aromatic rings. The van der Waals surface area contributed by atoms with Gasteiger partial charge in [0.05, 0.1) is 0 Å². The summed E-state index contributed by atoms with van der Waals surface area (Å²) < 4.78 is 6.89. The van der Waals surface area contributed by atoms with E-state index in [0.29, 0.717) is 12.6 Å². The third kappa shape index (κ3) is 5.21. The summed E-state index contributed by atoms with van der Waals surface area (Å²) in [5.74, 6) is 0.884. The molecule has 0 amide bonds. The van der Waals surface area contributed by atoms with E-state index in [9.17, 15) is 0 Å². The van der Waals surface area contributed by atoms with Crippen molar-refractivity contribution >= 4 is 27.5 Å². The maximum absolute atomic E-state index is 5.97. The number of nitrogens with one attached hydrogen (secondary N) is 2. The second-order valence-electron chi connectivity index (χ2n) is 6.10. The van der Waals surface area contributed by atoms with Crippen LogP contribution in [0.2, 0.25) is 5.02 Å². The lowest BCUT2D eigenvalue weighted by atomic mass is 10.2. The average molecular weight is 410 g/mol. The first-order valence-electron chi connectivity index (χ1n) is 8.30. The SMILES string of the molecule is Clc1ccc(COc2cccc(CNC[C@H]3CCCN3)c2)c(Br)c1. The molecule has 1 atom stereocenters. The summed E-state index contributed by atoms with van der Waals surface area (Å²) in [6, 6.07) is 14.6. The highest BCUT2D eigenvalue weighted by molar-refractivity contribution is 9.10. The van der Waals surface area contributed by atoms with Gasteiger partial charge >= 0.3 is 0 Å². The molecule has 1 saturated heterocycles. The van der Waals surface area contributed by atoms with Crippen LogP contribution in [0.15, 0.2) is 46.9 Å². The predicted octanol–water partition coefficient (Wildman–Crippen LogP) is 4.52. The van der Waals surface area contributed by atoms with Gasteiger partial charge in [0.15, 0.2) is 0 Å². The Hall–Kier alpha value is -1.07. The number of hydrogen-bond acceptors (Lipinski definition) is 3. The van der Waals surface area contributed by atoms with E-state index in [1.807, 2.05) is 30.3 Å². The Labute approximate surface area is 156 Å². The highest BCUT2D eigenvalue weighted by atomic mass is 79.9. The van der Waals surface area contributed by atoms with Crippen LogP contribution < -0.4 is 15.4 Å². The number of benzene rings is 2. The van der Waals surface area contributed by atoms with E-state index in [4.69, 9.17) is 16.3 Å². The van der Waals surface area contributed by atoms with Gasteiger partial charge in [-0.05, 0) is 49.2 Å². The summed E-state index contributed by atoms with van der Waals surface area (Å²) >= 11 is 9.49. The number of rotatable bonds is 7. The molecule has 0 radical (unpaired) electrons. The van der Waals surface area contributed by atoms with Gasteiger partial charge in [0.25, 0.3) is 0 Å². The van der Waals surface area contributed by atoms with Crippen molar-refractivity contribution in [3.05, 3.63) is 63.1 Å². The minimum absolute atomic E-state index is 0.515. The van der Waals surface area contributed by atoms with Crippen LogP contribution in [-0.2, 0) is 13.2 Å². The first kappa shape index (κ1) is 17.7. The van der Waals surface area contributed by atoms with E-state index in [1.54, 1.807) is 0 Å². The van der Waals surface area contributed by atoms with E-state index in [1.165, 1.54) is 18.4 Å². The van der Waals surface area contributed by atoms with E-state index in [2.05, 4.69) is 38.7 Å². The molecule has 24 heavy (non-hydrogen) atoms. The molecule has 1 aliphatic rings. The van der Waals surface area contributed by atoms with Crippen molar-refractivity contribution in [1.29, 1.82) is 0 Å². The van der Waals surface area contributed by atoms with Crippen molar-refractivity contribution in [2.45, 2.75) is 32.0 Å². The van der Waals surface area contributed by atoms with Gasteiger partial charge in [-0.1, -0.05) is 45.7 Å². The lowest BCUT2D eigenvalue weighted by molar-refractivity contribution is 0.305. The lowest BCUT2D eigenvalue weighted by Crippen LogP contribution is -2.33. The molecule has 0 unspecified atom stereocenters. The van der Waals surface area contributed by atoms with Crippen molar-refractivity contribution in [3.8, 4) is 5.75 Å². The molecule has 1 aliphatic heterocycles. The van der Waals surface area contributed by atoms with Crippen LogP contribution in [0, 0.1) is 0 Å². The van der Waals surface area contributed by atoms with Gasteiger partial charge in [0.1, 0.15) is 12.4 Å². The van der Waals surface area contributed by atoms with Gasteiger partial charge in [-0.3, -0.25) is 0 Å². The van der Waals surface area contributed by atoms with Crippen molar-refractivity contribution in [2.75, 3.05) is 13.1 Å². The number of halogens is 2. The maximum Gasteiger partial charge on any atom is 0.120 e. The first-order valence-corrected chi connectivity index (χ1v) is 9.47. The predicted molar refractivity (Wildman–Crippen MR) is 103 cm³/mol. The molecule has 2 aromatic carbocycles. The van der Waals surface area contributed by atoms with Crippen LogP contribution in [0.3, 0.4) is 0 Å². The van der Waals surface area contributed by atoms with Crippen LogP contribution in [0.4, 0.5) is 0 Å². The fourth-order valence-electron chi connectivity index (χ4n) is 2.87. The summed E-state index contributed by atoms with van der Waals surface area (Å²) in [6.45, 7) is 3.54. The molecule has 5 heteroatoms. The van der Waals surface area contributed by atoms with E-state index in [-0.39, 0.29) is 0 Å². The third-order valence-electron chi connectivity index (χ3n) is 4.19. The van der Waals surface area contributed by atoms with Crippen LogP contribution in [0.5, 0.6) is 5.75 Å². The van der Waals surface area contributed by atoms with Crippen molar-refractivity contribution < 1.29 is 4.74 Å². The zero-order valence-electron chi connectivity index (χ0n) is 13.5. The smallest absolute Gasteiger partial charge is 0.120 e. The minimum atomic E-state index is 0.515. The molecule has 2 N–H and O–H groups in total. The van der Waals surface area contributed by atoms with E-state index >= 15 is 0 Å². The lowest BCUT2D eigenvalue weighted by Gasteiger charge is -2.12. The summed E-state index contributed by atoms with van der Waals surface area (Å²) in [5, 5.41) is 7.74. The normalized spacial score (nSPS) is 17.2. The van der Waals surface area contributed by atoms with Crippen LogP contribution >= 0.6 is 27.5 Å². The summed E-state index contributed by atoms with van der Waals surface area (Å²) in [5.41, 5.74) is 2.32. The Bertz CT molecular complexity index is 674. The largest absolute Gasteiger partial charge is 0.489 e. The van der Waals surface area contributed by atoms with Crippen LogP contribution in [0.1, 0.15) is 24.0 Å². The maximum atomic E-state index is 5.97. The van der Waals surface area contributed by atoms with Crippen molar-refractivity contribution in [1.82, 2.24) is 10.6 Å². The third-order valence-corrected chi connectivity index (χ3v) is 5.16. The molecule has 3 nitrogen and oxygen atoms in total. The van der Waals surface area contributed by atoms with Gasteiger partial charge < -0.3 is 15.4 Å². The molecule has 0 spiro atoms. The summed E-state index contributed by atoms with van der Waals surface area (Å²) in [6.07, 6.45) is 2.56. The van der Waals surface area contributed by atoms with Gasteiger partial charge in [-0.25, -0.2) is 0 Å². The Balaban J connectivity index is 1.50.